The molecule has 2 aromatic carbocycles. The Hall–Kier alpha value is -2.73. The van der Waals surface area contributed by atoms with Crippen LogP contribution in [-0.2, 0) is 9.59 Å². The number of hydrogen-bond donors (Lipinski definition) is 3. The molecule has 0 heterocycles. The molecule has 2 aromatic rings. The highest BCUT2D eigenvalue weighted by atomic mass is 35.5. The number of nitrogens with one attached hydrogen (secondary N) is 3. The average Bonchev–Trinajstić information content (AvgIpc) is 2.53. The van der Waals surface area contributed by atoms with Crippen LogP contribution in [0, 0.1) is 0 Å². The molecule has 0 aromatic heterocycles. The van der Waals surface area contributed by atoms with E-state index in [1.807, 2.05) is 0 Å². The second kappa shape index (κ2) is 8.21. The molecule has 0 radical (unpaired) electrons. The molecule has 0 fully saturated rings. The van der Waals surface area contributed by atoms with Crippen LogP contribution >= 0.6 is 11.6 Å². The minimum absolute atomic E-state index is 0.0548. The maximum absolute atomic E-state index is 12.1. The molecule has 126 valence electrons. The maximum atomic E-state index is 12.1. The highest BCUT2D eigenvalue weighted by molar-refractivity contribution is 6.31. The molecule has 0 aliphatic rings. The number of carbonyl (C=O) groups excluding carboxylic acids is 2. The number of methoxy groups -OCH3 is 1. The first-order chi connectivity index (χ1) is 11.5. The fraction of sp³-hybridized carbons (Fsp3) is 0.176. The first-order valence-corrected chi connectivity index (χ1v) is 7.60. The highest BCUT2D eigenvalue weighted by Crippen LogP contribution is 2.27. The molecule has 0 spiro atoms. The van der Waals surface area contributed by atoms with Gasteiger partial charge in [-0.1, -0.05) is 17.7 Å². The van der Waals surface area contributed by atoms with Gasteiger partial charge in [0.25, 0.3) is 0 Å². The van der Waals surface area contributed by atoms with Gasteiger partial charge in [0, 0.05) is 23.3 Å². The Kier molecular flexibility index (Phi) is 6.03. The SMILES string of the molecule is COc1ccc(Cl)cc1NC(=O)CNc1cccc(NC(C)=O)c1. The Balaban J connectivity index is 1.96. The topological polar surface area (TPSA) is 79.5 Å². The lowest BCUT2D eigenvalue weighted by atomic mass is 10.2. The zero-order valence-electron chi connectivity index (χ0n) is 13.4. The molecule has 0 saturated heterocycles. The van der Waals surface area contributed by atoms with Crippen LogP contribution in [-0.4, -0.2) is 25.5 Å². The van der Waals surface area contributed by atoms with Crippen molar-refractivity contribution in [3.05, 3.63) is 47.5 Å². The van der Waals surface area contributed by atoms with Gasteiger partial charge >= 0.3 is 0 Å². The standard InChI is InChI=1S/C17H18ClN3O3/c1-11(22)20-14-5-3-4-13(9-14)19-10-17(23)21-15-8-12(18)6-7-16(15)24-2/h3-9,19H,10H2,1-2H3,(H,20,22)(H,21,23). The fourth-order valence-electron chi connectivity index (χ4n) is 2.06. The van der Waals surface area contributed by atoms with E-state index in [1.165, 1.54) is 14.0 Å². The summed E-state index contributed by atoms with van der Waals surface area (Å²) in [6.07, 6.45) is 0. The molecule has 3 N–H and O–H groups in total. The molecule has 6 nitrogen and oxygen atoms in total. The van der Waals surface area contributed by atoms with E-state index in [-0.39, 0.29) is 18.4 Å². The molecule has 0 saturated carbocycles. The van der Waals surface area contributed by atoms with E-state index >= 15 is 0 Å². The normalized spacial score (nSPS) is 9.96. The summed E-state index contributed by atoms with van der Waals surface area (Å²) in [5, 5.41) is 8.92. The van der Waals surface area contributed by atoms with Crippen molar-refractivity contribution in [1.29, 1.82) is 0 Å². The van der Waals surface area contributed by atoms with Gasteiger partial charge in [-0.2, -0.15) is 0 Å². The number of halogens is 1. The maximum Gasteiger partial charge on any atom is 0.243 e. The lowest BCUT2D eigenvalue weighted by molar-refractivity contribution is -0.115. The monoisotopic (exact) mass is 347 g/mol. The predicted molar refractivity (Wildman–Crippen MR) is 95.9 cm³/mol. The van der Waals surface area contributed by atoms with Gasteiger partial charge in [-0.25, -0.2) is 0 Å². The van der Waals surface area contributed by atoms with Gasteiger partial charge in [-0.3, -0.25) is 9.59 Å². The summed E-state index contributed by atoms with van der Waals surface area (Å²) >= 11 is 5.93. The Bertz CT molecular complexity index is 750. The molecule has 7 heteroatoms. The average molecular weight is 348 g/mol. The van der Waals surface area contributed by atoms with Gasteiger partial charge in [0.05, 0.1) is 19.3 Å². The van der Waals surface area contributed by atoms with Gasteiger partial charge in [0.2, 0.25) is 11.8 Å². The number of ether oxygens (including phenoxy) is 1. The summed E-state index contributed by atoms with van der Waals surface area (Å²) in [6.45, 7) is 1.49. The zero-order valence-corrected chi connectivity index (χ0v) is 14.1. The number of anilines is 3. The minimum atomic E-state index is -0.250. The van der Waals surface area contributed by atoms with Gasteiger partial charge in [0.15, 0.2) is 0 Å². The quantitative estimate of drug-likeness (QED) is 0.748. The van der Waals surface area contributed by atoms with Crippen LogP contribution in [0.3, 0.4) is 0 Å². The van der Waals surface area contributed by atoms with E-state index < -0.39 is 0 Å². The predicted octanol–water partition coefficient (Wildman–Crippen LogP) is 3.36. The highest BCUT2D eigenvalue weighted by Gasteiger charge is 2.08. The van der Waals surface area contributed by atoms with Crippen molar-refractivity contribution in [2.75, 3.05) is 29.6 Å². The summed E-state index contributed by atoms with van der Waals surface area (Å²) in [4.78, 5) is 23.1. The minimum Gasteiger partial charge on any atom is -0.495 e. The summed E-state index contributed by atoms with van der Waals surface area (Å²) in [7, 11) is 1.52. The van der Waals surface area contributed by atoms with E-state index in [1.54, 1.807) is 42.5 Å². The van der Waals surface area contributed by atoms with Gasteiger partial charge in [0.1, 0.15) is 5.75 Å². The number of benzene rings is 2. The molecule has 0 aliphatic carbocycles. The molecular formula is C17H18ClN3O3. The lowest BCUT2D eigenvalue weighted by Crippen LogP contribution is -2.22. The van der Waals surface area contributed by atoms with Crippen molar-refractivity contribution >= 4 is 40.5 Å². The molecule has 0 aliphatic heterocycles. The Morgan fingerprint density at radius 2 is 1.83 bits per heavy atom. The molecular weight excluding hydrogens is 330 g/mol. The lowest BCUT2D eigenvalue weighted by Gasteiger charge is -2.12. The van der Waals surface area contributed by atoms with Crippen LogP contribution in [0.2, 0.25) is 5.02 Å². The first-order valence-electron chi connectivity index (χ1n) is 7.23. The molecule has 2 rings (SSSR count). The van der Waals surface area contributed by atoms with Crippen LogP contribution in [0.5, 0.6) is 5.75 Å². The van der Waals surface area contributed by atoms with Crippen molar-refractivity contribution in [3.8, 4) is 5.75 Å². The summed E-state index contributed by atoms with van der Waals surface area (Å²) in [5.74, 6) is 0.124. The Morgan fingerprint density at radius 3 is 2.54 bits per heavy atom. The number of amides is 2. The zero-order chi connectivity index (χ0) is 17.5. The van der Waals surface area contributed by atoms with Gasteiger partial charge in [-0.15, -0.1) is 0 Å². The second-order valence-corrected chi connectivity index (χ2v) is 5.44. The van der Waals surface area contributed by atoms with Crippen molar-refractivity contribution in [2.45, 2.75) is 6.92 Å². The molecule has 0 atom stereocenters. The van der Waals surface area contributed by atoms with E-state index in [4.69, 9.17) is 16.3 Å². The van der Waals surface area contributed by atoms with Crippen LogP contribution in [0.25, 0.3) is 0 Å². The third-order valence-electron chi connectivity index (χ3n) is 3.07. The van der Waals surface area contributed by atoms with Crippen LogP contribution in [0.4, 0.5) is 17.1 Å². The van der Waals surface area contributed by atoms with Crippen LogP contribution in [0.1, 0.15) is 6.92 Å². The van der Waals surface area contributed by atoms with Crippen molar-refractivity contribution < 1.29 is 14.3 Å². The second-order valence-electron chi connectivity index (χ2n) is 5.01. The molecule has 24 heavy (non-hydrogen) atoms. The third-order valence-corrected chi connectivity index (χ3v) is 3.31. The van der Waals surface area contributed by atoms with Crippen molar-refractivity contribution in [3.63, 3.8) is 0 Å². The van der Waals surface area contributed by atoms with E-state index in [2.05, 4.69) is 16.0 Å². The molecule has 0 bridgehead atoms. The van der Waals surface area contributed by atoms with Gasteiger partial charge in [-0.05, 0) is 36.4 Å². The Labute approximate surface area is 145 Å². The first kappa shape index (κ1) is 17.6. The van der Waals surface area contributed by atoms with E-state index in [0.29, 0.717) is 22.1 Å². The number of rotatable bonds is 6. The van der Waals surface area contributed by atoms with Crippen LogP contribution in [0.15, 0.2) is 42.5 Å². The van der Waals surface area contributed by atoms with Crippen molar-refractivity contribution in [1.82, 2.24) is 0 Å². The molecule has 2 amide bonds. The summed E-state index contributed by atoms with van der Waals surface area (Å²) in [5.41, 5.74) is 1.88. The van der Waals surface area contributed by atoms with E-state index in [9.17, 15) is 9.59 Å². The summed E-state index contributed by atoms with van der Waals surface area (Å²) < 4.78 is 5.18. The van der Waals surface area contributed by atoms with Crippen LogP contribution < -0.4 is 20.7 Å². The largest absolute Gasteiger partial charge is 0.495 e. The summed E-state index contributed by atoms with van der Waals surface area (Å²) in [6, 6.07) is 12.1. The smallest absolute Gasteiger partial charge is 0.243 e. The fourth-order valence-corrected chi connectivity index (χ4v) is 2.24. The van der Waals surface area contributed by atoms with Gasteiger partial charge < -0.3 is 20.7 Å². The molecule has 0 unspecified atom stereocenters. The number of hydrogen-bond acceptors (Lipinski definition) is 4. The number of carbonyl (C=O) groups is 2. The van der Waals surface area contributed by atoms with Crippen molar-refractivity contribution in [2.24, 2.45) is 0 Å². The third kappa shape index (κ3) is 5.17. The van der Waals surface area contributed by atoms with E-state index in [0.717, 1.165) is 5.69 Å². The Morgan fingerprint density at radius 1 is 1.08 bits per heavy atom.